The van der Waals surface area contributed by atoms with Crippen molar-refractivity contribution in [2.45, 2.75) is 77.1 Å². The van der Waals surface area contributed by atoms with Crippen LogP contribution in [0.15, 0.2) is 0 Å². The average molecular weight is 304 g/mol. The van der Waals surface area contributed by atoms with Gasteiger partial charge in [-0.2, -0.15) is 0 Å². The predicted octanol–water partition coefficient (Wildman–Crippen LogP) is 2.95. The molecule has 0 bridgehead atoms. The van der Waals surface area contributed by atoms with Gasteiger partial charge in [-0.15, -0.1) is 0 Å². The molecule has 1 heterocycles. The number of ketones is 1. The maximum Gasteiger partial charge on any atom is 0.139 e. The van der Waals surface area contributed by atoms with Gasteiger partial charge in [-0.3, -0.25) is 4.79 Å². The summed E-state index contributed by atoms with van der Waals surface area (Å²) in [5, 5.41) is 11.0. The molecule has 3 heteroatoms. The number of hydrogen-bond donors (Lipinski definition) is 1. The van der Waals surface area contributed by atoms with Gasteiger partial charge in [0.1, 0.15) is 5.78 Å². The minimum absolute atomic E-state index is 0.229. The Hall–Kier alpha value is -0.410. The Morgan fingerprint density at radius 3 is 2.77 bits per heavy atom. The van der Waals surface area contributed by atoms with E-state index in [9.17, 15) is 9.90 Å². The Labute approximate surface area is 132 Å². The summed E-state index contributed by atoms with van der Waals surface area (Å²) in [6.07, 6.45) is 8.03. The van der Waals surface area contributed by atoms with Crippen molar-refractivity contribution in [2.75, 3.05) is 0 Å². The molecule has 4 saturated carbocycles. The third-order valence-electron chi connectivity index (χ3n) is 8.55. The van der Waals surface area contributed by atoms with Gasteiger partial charge in [-0.05, 0) is 67.6 Å². The van der Waals surface area contributed by atoms with E-state index in [2.05, 4.69) is 13.8 Å². The van der Waals surface area contributed by atoms with E-state index in [0.717, 1.165) is 19.3 Å². The second-order valence-electron chi connectivity index (χ2n) is 9.38. The molecule has 0 amide bonds. The summed E-state index contributed by atoms with van der Waals surface area (Å²) >= 11 is 0. The zero-order valence-electron chi connectivity index (χ0n) is 13.8. The first kappa shape index (κ1) is 14.0. The number of ether oxygens (including phenoxy) is 1. The second-order valence-corrected chi connectivity index (χ2v) is 9.38. The van der Waals surface area contributed by atoms with Gasteiger partial charge in [0, 0.05) is 11.8 Å². The number of aliphatic hydroxyl groups is 1. The number of epoxide rings is 1. The molecule has 0 aromatic rings. The number of Topliss-reactive ketones (excluding diaryl/α,β-unsaturated/α-hetero) is 1. The summed E-state index contributed by atoms with van der Waals surface area (Å²) in [5.74, 6) is 2.59. The lowest BCUT2D eigenvalue weighted by Crippen LogP contribution is -2.59. The number of aliphatic hydroxyl groups excluding tert-OH is 1. The van der Waals surface area contributed by atoms with Gasteiger partial charge in [-0.25, -0.2) is 0 Å². The molecule has 122 valence electrons. The van der Waals surface area contributed by atoms with Crippen LogP contribution in [0.3, 0.4) is 0 Å². The molecule has 1 N–H and O–H groups in total. The molecule has 0 spiro atoms. The molecule has 1 saturated heterocycles. The van der Waals surface area contributed by atoms with Crippen molar-refractivity contribution >= 4 is 5.78 Å². The fraction of sp³-hybridized carbons (Fsp3) is 0.947. The van der Waals surface area contributed by atoms with Gasteiger partial charge in [0.05, 0.1) is 18.3 Å². The third-order valence-corrected chi connectivity index (χ3v) is 8.55. The van der Waals surface area contributed by atoms with E-state index < -0.39 is 0 Å². The largest absolute Gasteiger partial charge is 0.393 e. The smallest absolute Gasteiger partial charge is 0.139 e. The standard InChI is InChI=1S/C19H28O3/c1-18-9-15-14(22-15)7-10(18)3-4-11-12-5-6-16(21)19(12,2)8-13(20)17(11)18/h10-15,17,20H,3-9H2,1-2H3. The topological polar surface area (TPSA) is 49.8 Å². The van der Waals surface area contributed by atoms with Crippen LogP contribution in [0.2, 0.25) is 0 Å². The summed E-state index contributed by atoms with van der Waals surface area (Å²) in [4.78, 5) is 12.4. The highest BCUT2D eigenvalue weighted by Gasteiger charge is 2.65. The van der Waals surface area contributed by atoms with Crippen LogP contribution in [-0.4, -0.2) is 29.2 Å². The predicted molar refractivity (Wildman–Crippen MR) is 82.2 cm³/mol. The lowest BCUT2D eigenvalue weighted by molar-refractivity contribution is -0.166. The van der Waals surface area contributed by atoms with Crippen LogP contribution in [-0.2, 0) is 9.53 Å². The van der Waals surface area contributed by atoms with Gasteiger partial charge in [0.2, 0.25) is 0 Å². The SMILES string of the molecule is CC12CC(O)C3C(CCC4CC5OC5CC43C)C1CCC2=O. The highest BCUT2D eigenvalue weighted by atomic mass is 16.6. The molecule has 0 aromatic carbocycles. The molecule has 0 radical (unpaired) electrons. The fourth-order valence-corrected chi connectivity index (χ4v) is 7.42. The van der Waals surface area contributed by atoms with Crippen LogP contribution < -0.4 is 0 Å². The van der Waals surface area contributed by atoms with Crippen molar-refractivity contribution in [1.82, 2.24) is 0 Å². The number of carbonyl (C=O) groups excluding carboxylic acids is 1. The third kappa shape index (κ3) is 1.57. The summed E-state index contributed by atoms with van der Waals surface area (Å²) in [7, 11) is 0. The lowest BCUT2D eigenvalue weighted by Gasteiger charge is -2.60. The average Bonchev–Trinajstić information content (AvgIpc) is 3.12. The molecule has 3 nitrogen and oxygen atoms in total. The molecule has 9 unspecified atom stereocenters. The van der Waals surface area contributed by atoms with E-state index in [-0.39, 0.29) is 16.9 Å². The van der Waals surface area contributed by atoms with Crippen molar-refractivity contribution in [2.24, 2.45) is 34.5 Å². The van der Waals surface area contributed by atoms with Crippen LogP contribution in [0.4, 0.5) is 0 Å². The molecular formula is C19H28O3. The van der Waals surface area contributed by atoms with Crippen LogP contribution >= 0.6 is 0 Å². The van der Waals surface area contributed by atoms with Gasteiger partial charge in [0.15, 0.2) is 0 Å². The highest BCUT2D eigenvalue weighted by molar-refractivity contribution is 5.87. The van der Waals surface area contributed by atoms with Crippen molar-refractivity contribution in [1.29, 1.82) is 0 Å². The molecule has 5 aliphatic rings. The van der Waals surface area contributed by atoms with Gasteiger partial charge in [0.25, 0.3) is 0 Å². The van der Waals surface area contributed by atoms with Crippen molar-refractivity contribution in [3.8, 4) is 0 Å². The molecule has 1 aliphatic heterocycles. The zero-order valence-corrected chi connectivity index (χ0v) is 13.8. The minimum Gasteiger partial charge on any atom is -0.393 e. The zero-order chi connectivity index (χ0) is 15.3. The van der Waals surface area contributed by atoms with Crippen LogP contribution in [0.5, 0.6) is 0 Å². The van der Waals surface area contributed by atoms with Crippen LogP contribution in [0.1, 0.15) is 58.8 Å². The molecule has 22 heavy (non-hydrogen) atoms. The van der Waals surface area contributed by atoms with Crippen molar-refractivity contribution in [3.63, 3.8) is 0 Å². The molecule has 5 fully saturated rings. The molecule has 5 rings (SSSR count). The van der Waals surface area contributed by atoms with Gasteiger partial charge >= 0.3 is 0 Å². The Kier molecular flexibility index (Phi) is 2.64. The minimum atomic E-state index is -0.295. The van der Waals surface area contributed by atoms with E-state index in [4.69, 9.17) is 4.74 Å². The molecule has 9 atom stereocenters. The Morgan fingerprint density at radius 2 is 1.95 bits per heavy atom. The van der Waals surface area contributed by atoms with Gasteiger partial charge < -0.3 is 9.84 Å². The second kappa shape index (κ2) is 4.16. The molecule has 0 aromatic heterocycles. The number of hydrogen-bond acceptors (Lipinski definition) is 3. The van der Waals surface area contributed by atoms with E-state index in [1.807, 2.05) is 0 Å². The Morgan fingerprint density at radius 1 is 1.14 bits per heavy atom. The Bertz CT molecular complexity index is 531. The summed E-state index contributed by atoms with van der Waals surface area (Å²) in [6, 6.07) is 0. The molecular weight excluding hydrogens is 276 g/mol. The lowest BCUT2D eigenvalue weighted by atomic mass is 9.44. The Balaban J connectivity index is 1.53. The van der Waals surface area contributed by atoms with E-state index in [1.165, 1.54) is 19.3 Å². The number of carbonyl (C=O) groups is 1. The monoisotopic (exact) mass is 304 g/mol. The van der Waals surface area contributed by atoms with Crippen LogP contribution in [0, 0.1) is 34.5 Å². The summed E-state index contributed by atoms with van der Waals surface area (Å²) < 4.78 is 5.84. The van der Waals surface area contributed by atoms with E-state index >= 15 is 0 Å². The quantitative estimate of drug-likeness (QED) is 0.700. The van der Waals surface area contributed by atoms with Gasteiger partial charge in [-0.1, -0.05) is 13.8 Å². The van der Waals surface area contributed by atoms with Crippen molar-refractivity contribution in [3.05, 3.63) is 0 Å². The summed E-state index contributed by atoms with van der Waals surface area (Å²) in [6.45, 7) is 4.57. The maximum absolute atomic E-state index is 12.4. The first-order valence-corrected chi connectivity index (χ1v) is 9.30. The maximum atomic E-state index is 12.4. The van der Waals surface area contributed by atoms with E-state index in [1.54, 1.807) is 0 Å². The van der Waals surface area contributed by atoms with Crippen molar-refractivity contribution < 1.29 is 14.6 Å². The number of fused-ring (bicyclic) bond motifs is 6. The first-order chi connectivity index (χ1) is 10.4. The fourth-order valence-electron chi connectivity index (χ4n) is 7.42. The normalized spacial score (nSPS) is 62.7. The number of rotatable bonds is 0. The molecule has 4 aliphatic carbocycles. The van der Waals surface area contributed by atoms with Crippen LogP contribution in [0.25, 0.3) is 0 Å². The summed E-state index contributed by atoms with van der Waals surface area (Å²) in [5.41, 5.74) is -0.00989. The first-order valence-electron chi connectivity index (χ1n) is 9.30. The van der Waals surface area contributed by atoms with E-state index in [0.29, 0.717) is 48.1 Å². The highest BCUT2D eigenvalue weighted by Crippen LogP contribution is 2.67.